The quantitative estimate of drug-likeness (QED) is 0.787. The molecule has 1 atom stereocenters. The molecule has 2 fully saturated rings. The van der Waals surface area contributed by atoms with Crippen LogP contribution in [0.25, 0.3) is 0 Å². The van der Waals surface area contributed by atoms with Gasteiger partial charge in [-0.05, 0) is 25.7 Å². The zero-order chi connectivity index (χ0) is 19.2. The molecule has 8 nitrogen and oxygen atoms in total. The van der Waals surface area contributed by atoms with Crippen LogP contribution in [0.2, 0.25) is 0 Å². The fraction of sp³-hybridized carbons (Fsp3) is 0.737. The molecule has 27 heavy (non-hydrogen) atoms. The lowest BCUT2D eigenvalue weighted by Crippen LogP contribution is -2.55. The summed E-state index contributed by atoms with van der Waals surface area (Å²) in [5.74, 6) is 0.0482. The average molecular weight is 377 g/mol. The monoisotopic (exact) mass is 377 g/mol. The topological polar surface area (TPSA) is 79.7 Å². The van der Waals surface area contributed by atoms with Crippen molar-refractivity contribution in [2.24, 2.45) is 7.05 Å². The molecule has 2 aliphatic heterocycles. The van der Waals surface area contributed by atoms with Crippen LogP contribution in [-0.2, 0) is 16.6 Å². The molecule has 1 N–H and O–H groups in total. The van der Waals surface area contributed by atoms with Crippen molar-refractivity contribution < 1.29 is 14.3 Å². The first-order valence-corrected chi connectivity index (χ1v) is 9.89. The number of rotatable bonds is 6. The van der Waals surface area contributed by atoms with E-state index in [4.69, 9.17) is 4.74 Å². The van der Waals surface area contributed by atoms with E-state index in [1.807, 2.05) is 11.9 Å². The Labute approximate surface area is 160 Å². The van der Waals surface area contributed by atoms with Crippen LogP contribution in [0.1, 0.15) is 43.1 Å². The highest BCUT2D eigenvalue weighted by atomic mass is 16.5. The Morgan fingerprint density at radius 1 is 1.30 bits per heavy atom. The SMILES string of the molecule is CC(=O)N1CCCC(N(CCNC(=O)c2cncn2C)C2CCOCC2)C1. The molecule has 2 aliphatic rings. The molecule has 3 heterocycles. The van der Waals surface area contributed by atoms with Gasteiger partial charge >= 0.3 is 0 Å². The van der Waals surface area contributed by atoms with Gasteiger partial charge in [0, 0.05) is 65.4 Å². The molecule has 0 spiro atoms. The molecule has 0 radical (unpaired) electrons. The average Bonchev–Trinajstić information content (AvgIpc) is 3.12. The number of piperidine rings is 1. The molecule has 0 bridgehead atoms. The fourth-order valence-corrected chi connectivity index (χ4v) is 4.16. The summed E-state index contributed by atoms with van der Waals surface area (Å²) in [4.78, 5) is 32.6. The summed E-state index contributed by atoms with van der Waals surface area (Å²) in [5.41, 5.74) is 0.563. The number of imidazole rings is 1. The lowest BCUT2D eigenvalue weighted by molar-refractivity contribution is -0.131. The molecule has 2 amide bonds. The van der Waals surface area contributed by atoms with Crippen LogP contribution < -0.4 is 5.32 Å². The normalized spacial score (nSPS) is 21.4. The Morgan fingerprint density at radius 2 is 2.07 bits per heavy atom. The Morgan fingerprint density at radius 3 is 2.74 bits per heavy atom. The number of carbonyl (C=O) groups is 2. The fourth-order valence-electron chi connectivity index (χ4n) is 4.16. The first-order valence-electron chi connectivity index (χ1n) is 9.89. The standard InChI is InChI=1S/C19H31N5O3/c1-15(25)23-8-3-4-17(13-23)24(16-5-10-27-11-6-16)9-7-21-19(26)18-12-20-14-22(18)2/h12,14,16-17H,3-11,13H2,1-2H3,(H,21,26). The number of likely N-dealkylation sites (tertiary alicyclic amines) is 1. The molecule has 8 heteroatoms. The number of nitrogens with one attached hydrogen (secondary N) is 1. The molecular weight excluding hydrogens is 346 g/mol. The molecule has 2 saturated heterocycles. The van der Waals surface area contributed by atoms with Crippen molar-refractivity contribution in [2.75, 3.05) is 39.4 Å². The van der Waals surface area contributed by atoms with Gasteiger partial charge in [0.05, 0.1) is 12.5 Å². The van der Waals surface area contributed by atoms with Crippen LogP contribution in [0.5, 0.6) is 0 Å². The van der Waals surface area contributed by atoms with Crippen LogP contribution in [0.4, 0.5) is 0 Å². The number of nitrogens with zero attached hydrogens (tertiary/aromatic N) is 4. The van der Waals surface area contributed by atoms with Crippen molar-refractivity contribution in [3.05, 3.63) is 18.2 Å². The minimum atomic E-state index is -0.101. The zero-order valence-electron chi connectivity index (χ0n) is 16.4. The van der Waals surface area contributed by atoms with E-state index in [9.17, 15) is 9.59 Å². The molecule has 1 aromatic heterocycles. The second kappa shape index (κ2) is 9.32. The molecule has 0 aromatic carbocycles. The van der Waals surface area contributed by atoms with Gasteiger partial charge in [-0.3, -0.25) is 14.5 Å². The second-order valence-electron chi connectivity index (χ2n) is 7.49. The highest BCUT2D eigenvalue weighted by Crippen LogP contribution is 2.23. The number of hydrogen-bond donors (Lipinski definition) is 1. The van der Waals surface area contributed by atoms with Crippen molar-refractivity contribution in [2.45, 2.75) is 44.7 Å². The van der Waals surface area contributed by atoms with E-state index in [1.165, 1.54) is 0 Å². The molecule has 0 saturated carbocycles. The van der Waals surface area contributed by atoms with Crippen molar-refractivity contribution >= 4 is 11.8 Å². The maximum absolute atomic E-state index is 12.3. The lowest BCUT2D eigenvalue weighted by Gasteiger charge is -2.44. The number of hydrogen-bond acceptors (Lipinski definition) is 5. The third-order valence-corrected chi connectivity index (χ3v) is 5.68. The van der Waals surface area contributed by atoms with Crippen molar-refractivity contribution in [1.29, 1.82) is 0 Å². The van der Waals surface area contributed by atoms with Crippen molar-refractivity contribution in [3.63, 3.8) is 0 Å². The second-order valence-corrected chi connectivity index (χ2v) is 7.49. The van der Waals surface area contributed by atoms with E-state index in [0.717, 1.165) is 58.5 Å². The van der Waals surface area contributed by atoms with Gasteiger partial charge in [-0.1, -0.05) is 0 Å². The first kappa shape index (κ1) is 19.8. The summed E-state index contributed by atoms with van der Waals surface area (Å²) in [5, 5.41) is 3.02. The van der Waals surface area contributed by atoms with Gasteiger partial charge in [0.15, 0.2) is 0 Å². The summed E-state index contributed by atoms with van der Waals surface area (Å²) in [6.45, 7) is 6.21. The summed E-state index contributed by atoms with van der Waals surface area (Å²) in [7, 11) is 1.81. The predicted octanol–water partition coefficient (Wildman–Crippen LogP) is 0.642. The van der Waals surface area contributed by atoms with Crippen LogP contribution in [-0.4, -0.2) is 82.6 Å². The van der Waals surface area contributed by atoms with Crippen LogP contribution in [0, 0.1) is 0 Å². The Balaban J connectivity index is 1.60. The van der Waals surface area contributed by atoms with Gasteiger partial charge in [-0.25, -0.2) is 4.98 Å². The number of aryl methyl sites for hydroxylation is 1. The smallest absolute Gasteiger partial charge is 0.269 e. The van der Waals surface area contributed by atoms with Gasteiger partial charge < -0.3 is 19.5 Å². The highest BCUT2D eigenvalue weighted by molar-refractivity contribution is 5.92. The summed E-state index contributed by atoms with van der Waals surface area (Å²) < 4.78 is 7.25. The van der Waals surface area contributed by atoms with Crippen LogP contribution in [0.3, 0.4) is 0 Å². The van der Waals surface area contributed by atoms with E-state index in [-0.39, 0.29) is 11.8 Å². The van der Waals surface area contributed by atoms with E-state index < -0.39 is 0 Å². The minimum absolute atomic E-state index is 0.101. The molecule has 150 valence electrons. The van der Waals surface area contributed by atoms with Crippen molar-refractivity contribution in [3.8, 4) is 0 Å². The van der Waals surface area contributed by atoms with Gasteiger partial charge in [-0.2, -0.15) is 0 Å². The molecule has 1 unspecified atom stereocenters. The third-order valence-electron chi connectivity index (χ3n) is 5.68. The summed E-state index contributed by atoms with van der Waals surface area (Å²) in [6.07, 6.45) is 7.35. The van der Waals surface area contributed by atoms with E-state index >= 15 is 0 Å². The van der Waals surface area contributed by atoms with Crippen LogP contribution >= 0.6 is 0 Å². The molecule has 3 rings (SSSR count). The maximum Gasteiger partial charge on any atom is 0.269 e. The summed E-state index contributed by atoms with van der Waals surface area (Å²) >= 11 is 0. The van der Waals surface area contributed by atoms with Gasteiger partial charge in [0.2, 0.25) is 5.91 Å². The number of ether oxygens (including phenoxy) is 1. The molecule has 0 aliphatic carbocycles. The highest BCUT2D eigenvalue weighted by Gasteiger charge is 2.31. The largest absolute Gasteiger partial charge is 0.381 e. The van der Waals surface area contributed by atoms with Gasteiger partial charge in [-0.15, -0.1) is 0 Å². The number of aromatic nitrogens is 2. The van der Waals surface area contributed by atoms with E-state index in [1.54, 1.807) is 24.0 Å². The van der Waals surface area contributed by atoms with E-state index in [2.05, 4.69) is 15.2 Å². The summed E-state index contributed by atoms with van der Waals surface area (Å²) in [6, 6.07) is 0.795. The van der Waals surface area contributed by atoms with Gasteiger partial charge in [0.1, 0.15) is 5.69 Å². The number of carbonyl (C=O) groups excluding carboxylic acids is 2. The molecule has 1 aromatic rings. The first-order chi connectivity index (χ1) is 13.1. The van der Waals surface area contributed by atoms with Crippen molar-refractivity contribution in [1.82, 2.24) is 24.7 Å². The van der Waals surface area contributed by atoms with E-state index in [0.29, 0.717) is 24.3 Å². The van der Waals surface area contributed by atoms with Crippen LogP contribution in [0.15, 0.2) is 12.5 Å². The third kappa shape index (κ3) is 5.07. The Kier molecular flexibility index (Phi) is 6.84. The zero-order valence-corrected chi connectivity index (χ0v) is 16.4. The minimum Gasteiger partial charge on any atom is -0.381 e. The Bertz CT molecular complexity index is 641. The molecular formula is C19H31N5O3. The number of amides is 2. The lowest BCUT2D eigenvalue weighted by atomic mass is 9.98. The Hall–Kier alpha value is -1.93. The van der Waals surface area contributed by atoms with Gasteiger partial charge in [0.25, 0.3) is 5.91 Å². The predicted molar refractivity (Wildman–Crippen MR) is 101 cm³/mol. The maximum atomic E-state index is 12.3.